The lowest BCUT2D eigenvalue weighted by Crippen LogP contribution is -2.37. The maximum Gasteiger partial charge on any atom is 0.251 e. The van der Waals surface area contributed by atoms with Gasteiger partial charge in [-0.3, -0.25) is 4.79 Å². The van der Waals surface area contributed by atoms with Crippen LogP contribution in [-0.2, 0) is 23.0 Å². The number of para-hydroxylation sites is 1. The highest BCUT2D eigenvalue weighted by molar-refractivity contribution is 7.89. The number of hydrogen-bond acceptors (Lipinski definition) is 5. The van der Waals surface area contributed by atoms with Crippen LogP contribution >= 0.6 is 0 Å². The summed E-state index contributed by atoms with van der Waals surface area (Å²) in [7, 11) is -3.73. The van der Waals surface area contributed by atoms with Crippen LogP contribution < -0.4 is 15.0 Å². The summed E-state index contributed by atoms with van der Waals surface area (Å²) in [5.41, 5.74) is 1.85. The molecule has 7 nitrogen and oxygen atoms in total. The number of sulfonamides is 1. The molecule has 0 spiro atoms. The smallest absolute Gasteiger partial charge is 0.251 e. The minimum absolute atomic E-state index is 0.00948. The van der Waals surface area contributed by atoms with Crippen molar-refractivity contribution in [3.8, 4) is 11.5 Å². The van der Waals surface area contributed by atoms with E-state index in [-0.39, 0.29) is 28.8 Å². The molecule has 8 heteroatoms. The second-order valence-electron chi connectivity index (χ2n) is 7.17. The Morgan fingerprint density at radius 2 is 1.89 bits per heavy atom. The molecule has 0 unspecified atom stereocenters. The number of benzene rings is 1. The predicted molar refractivity (Wildman–Crippen MR) is 97.7 cm³/mol. The van der Waals surface area contributed by atoms with E-state index < -0.39 is 10.0 Å². The van der Waals surface area contributed by atoms with Crippen molar-refractivity contribution in [2.45, 2.75) is 36.7 Å². The topological polar surface area (TPSA) is 77.8 Å². The highest BCUT2D eigenvalue weighted by atomic mass is 32.2. The molecule has 3 heterocycles. The van der Waals surface area contributed by atoms with Gasteiger partial charge >= 0.3 is 0 Å². The van der Waals surface area contributed by atoms with Gasteiger partial charge < -0.3 is 14.0 Å². The number of rotatable bonds is 3. The highest BCUT2D eigenvalue weighted by Gasteiger charge is 2.34. The van der Waals surface area contributed by atoms with Crippen LogP contribution in [0.3, 0.4) is 0 Å². The summed E-state index contributed by atoms with van der Waals surface area (Å²) in [6.07, 6.45) is 4.39. The standard InChI is InChI=1S/C19H20N2O5S/c22-18-10-13-6-7-20(11-14(13)12-21(18)15-4-5-15)27(23,24)17-3-1-2-16-19(17)26-9-8-25-16/h1-3,10,12,15H,4-9,11H2. The van der Waals surface area contributed by atoms with Gasteiger partial charge in [0.1, 0.15) is 18.1 Å². The zero-order valence-electron chi connectivity index (χ0n) is 14.8. The lowest BCUT2D eigenvalue weighted by Gasteiger charge is -2.30. The second kappa shape index (κ2) is 6.10. The zero-order chi connectivity index (χ0) is 18.6. The predicted octanol–water partition coefficient (Wildman–Crippen LogP) is 1.70. The number of fused-ring (bicyclic) bond motifs is 2. The average Bonchev–Trinajstić information content (AvgIpc) is 3.51. The van der Waals surface area contributed by atoms with Gasteiger partial charge in [0.25, 0.3) is 5.56 Å². The van der Waals surface area contributed by atoms with Gasteiger partial charge in [-0.05, 0) is 42.5 Å². The summed E-state index contributed by atoms with van der Waals surface area (Å²) in [4.78, 5) is 12.4. The van der Waals surface area contributed by atoms with Gasteiger partial charge in [0.15, 0.2) is 11.5 Å². The van der Waals surface area contributed by atoms with Crippen molar-refractivity contribution in [1.29, 1.82) is 0 Å². The molecule has 0 atom stereocenters. The van der Waals surface area contributed by atoms with Crippen LogP contribution in [0, 0.1) is 0 Å². The van der Waals surface area contributed by atoms with Crippen molar-refractivity contribution < 1.29 is 17.9 Å². The Bertz CT molecular complexity index is 1070. The molecule has 1 aromatic carbocycles. The highest BCUT2D eigenvalue weighted by Crippen LogP contribution is 2.39. The van der Waals surface area contributed by atoms with Gasteiger partial charge in [0.05, 0.1) is 0 Å². The van der Waals surface area contributed by atoms with Gasteiger partial charge in [-0.1, -0.05) is 6.07 Å². The lowest BCUT2D eigenvalue weighted by molar-refractivity contribution is 0.166. The minimum Gasteiger partial charge on any atom is -0.486 e. The molecule has 2 aromatic rings. The SMILES string of the molecule is O=c1cc2c(cn1C1CC1)CN(S(=O)(=O)c1cccc3c1OCCO3)CC2. The molecule has 2 aliphatic heterocycles. The molecule has 0 bridgehead atoms. The fourth-order valence-electron chi connectivity index (χ4n) is 3.75. The monoisotopic (exact) mass is 388 g/mol. The van der Waals surface area contributed by atoms with E-state index in [1.807, 2.05) is 6.20 Å². The fraction of sp³-hybridized carbons (Fsp3) is 0.421. The Hall–Kier alpha value is -2.32. The average molecular weight is 388 g/mol. The third-order valence-electron chi connectivity index (χ3n) is 5.32. The summed E-state index contributed by atoms with van der Waals surface area (Å²) in [5, 5.41) is 0. The normalized spacial score (nSPS) is 19.6. The van der Waals surface area contributed by atoms with E-state index in [4.69, 9.17) is 9.47 Å². The number of pyridine rings is 1. The summed E-state index contributed by atoms with van der Waals surface area (Å²) < 4.78 is 40.9. The van der Waals surface area contributed by atoms with Crippen molar-refractivity contribution in [3.05, 3.63) is 51.9 Å². The first-order valence-corrected chi connectivity index (χ1v) is 10.6. The molecule has 1 aliphatic carbocycles. The van der Waals surface area contributed by atoms with Crippen molar-refractivity contribution in [3.63, 3.8) is 0 Å². The molecule has 27 heavy (non-hydrogen) atoms. The Morgan fingerprint density at radius 3 is 2.70 bits per heavy atom. The molecule has 142 valence electrons. The summed E-state index contributed by atoms with van der Waals surface area (Å²) in [6, 6.07) is 6.88. The molecule has 1 aromatic heterocycles. The van der Waals surface area contributed by atoms with Crippen LogP contribution in [0.4, 0.5) is 0 Å². The Labute approximate surface area is 157 Å². The number of nitrogens with zero attached hydrogens (tertiary/aromatic N) is 2. The maximum absolute atomic E-state index is 13.3. The Morgan fingerprint density at radius 1 is 1.07 bits per heavy atom. The number of aromatic nitrogens is 1. The van der Waals surface area contributed by atoms with Crippen molar-refractivity contribution >= 4 is 10.0 Å². The van der Waals surface area contributed by atoms with E-state index >= 15 is 0 Å². The molecule has 1 fully saturated rings. The second-order valence-corrected chi connectivity index (χ2v) is 9.08. The Balaban J connectivity index is 1.51. The molecule has 0 amide bonds. The first-order chi connectivity index (χ1) is 13.0. The summed E-state index contributed by atoms with van der Waals surface area (Å²) >= 11 is 0. The van der Waals surface area contributed by atoms with Crippen molar-refractivity contribution in [2.75, 3.05) is 19.8 Å². The van der Waals surface area contributed by atoms with Gasteiger partial charge in [-0.25, -0.2) is 8.42 Å². The van der Waals surface area contributed by atoms with Gasteiger partial charge in [-0.15, -0.1) is 0 Å². The third kappa shape index (κ3) is 2.83. The molecule has 3 aliphatic rings. The largest absolute Gasteiger partial charge is 0.486 e. The quantitative estimate of drug-likeness (QED) is 0.800. The van der Waals surface area contributed by atoms with Crippen LogP contribution in [0.5, 0.6) is 11.5 Å². The molecule has 0 N–H and O–H groups in total. The van der Waals surface area contributed by atoms with E-state index in [9.17, 15) is 13.2 Å². The Kier molecular flexibility index (Phi) is 3.80. The summed E-state index contributed by atoms with van der Waals surface area (Å²) in [5.74, 6) is 0.750. The van der Waals surface area contributed by atoms with E-state index in [1.54, 1.807) is 28.8 Å². The van der Waals surface area contributed by atoms with E-state index in [2.05, 4.69) is 0 Å². The maximum atomic E-state index is 13.3. The van der Waals surface area contributed by atoms with Gasteiger partial charge in [0, 0.05) is 31.4 Å². The first-order valence-electron chi connectivity index (χ1n) is 9.17. The van der Waals surface area contributed by atoms with Gasteiger partial charge in [-0.2, -0.15) is 4.31 Å². The van der Waals surface area contributed by atoms with Crippen LogP contribution in [0.1, 0.15) is 30.0 Å². The van der Waals surface area contributed by atoms with Crippen molar-refractivity contribution in [2.24, 2.45) is 0 Å². The molecule has 0 saturated heterocycles. The van der Waals surface area contributed by atoms with E-state index in [0.29, 0.717) is 31.9 Å². The van der Waals surface area contributed by atoms with E-state index in [0.717, 1.165) is 24.0 Å². The lowest BCUT2D eigenvalue weighted by atomic mass is 10.0. The van der Waals surface area contributed by atoms with Crippen LogP contribution in [0.2, 0.25) is 0 Å². The van der Waals surface area contributed by atoms with Crippen LogP contribution in [0.15, 0.2) is 40.2 Å². The first kappa shape index (κ1) is 16.8. The number of ether oxygens (including phenoxy) is 2. The van der Waals surface area contributed by atoms with Crippen LogP contribution in [0.25, 0.3) is 0 Å². The number of hydrogen-bond donors (Lipinski definition) is 0. The van der Waals surface area contributed by atoms with Gasteiger partial charge in [0.2, 0.25) is 10.0 Å². The van der Waals surface area contributed by atoms with Crippen LogP contribution in [-0.4, -0.2) is 37.0 Å². The molecule has 1 saturated carbocycles. The van der Waals surface area contributed by atoms with E-state index in [1.165, 1.54) is 4.31 Å². The molecule has 5 rings (SSSR count). The fourth-order valence-corrected chi connectivity index (χ4v) is 5.32. The third-order valence-corrected chi connectivity index (χ3v) is 7.19. The zero-order valence-corrected chi connectivity index (χ0v) is 15.6. The summed E-state index contributed by atoms with van der Waals surface area (Å²) in [6.45, 7) is 1.34. The van der Waals surface area contributed by atoms with Crippen molar-refractivity contribution in [1.82, 2.24) is 8.87 Å². The molecule has 0 radical (unpaired) electrons. The molecular weight excluding hydrogens is 368 g/mol. The minimum atomic E-state index is -3.73. The molecular formula is C19H20N2O5S.